The molecule has 0 amide bonds. The van der Waals surface area contributed by atoms with E-state index in [2.05, 4.69) is 43.9 Å². The van der Waals surface area contributed by atoms with Gasteiger partial charge >= 0.3 is 0 Å². The molecule has 3 nitrogen and oxygen atoms in total. The molecule has 0 spiro atoms. The molecule has 0 fully saturated rings. The van der Waals surface area contributed by atoms with Crippen LogP contribution in [-0.4, -0.2) is 31.9 Å². The highest BCUT2D eigenvalue weighted by atomic mass is 31.1. The second-order valence-electron chi connectivity index (χ2n) is 6.21. The first kappa shape index (κ1) is 14.3. The summed E-state index contributed by atoms with van der Waals surface area (Å²) in [5.41, 5.74) is 2.43. The summed E-state index contributed by atoms with van der Waals surface area (Å²) in [5, 5.41) is 0. The Morgan fingerprint density at radius 1 is 1.11 bits per heavy atom. The molecule has 0 aliphatic carbocycles. The van der Waals surface area contributed by atoms with Crippen molar-refractivity contribution in [3.63, 3.8) is 0 Å². The zero-order chi connectivity index (χ0) is 14.0. The van der Waals surface area contributed by atoms with Crippen LogP contribution in [0.15, 0.2) is 30.3 Å². The largest absolute Gasteiger partial charge is 0.347 e. The van der Waals surface area contributed by atoms with Crippen LogP contribution in [0, 0.1) is 0 Å². The lowest BCUT2D eigenvalue weighted by molar-refractivity contribution is 1.05. The van der Waals surface area contributed by atoms with Crippen LogP contribution < -0.4 is 4.90 Å². The van der Waals surface area contributed by atoms with Crippen LogP contribution in [0.5, 0.6) is 0 Å². The van der Waals surface area contributed by atoms with Crippen molar-refractivity contribution in [2.24, 2.45) is 0 Å². The van der Waals surface area contributed by atoms with Crippen molar-refractivity contribution >= 4 is 21.7 Å². The minimum atomic E-state index is -1.14. The third-order valence-corrected chi connectivity index (χ3v) is 8.98. The summed E-state index contributed by atoms with van der Waals surface area (Å²) in [4.78, 5) is 6.78. The Balaban J connectivity index is 2.46. The van der Waals surface area contributed by atoms with E-state index in [1.807, 2.05) is 25.1 Å². The molecule has 2 rings (SSSR count). The second-order valence-corrected chi connectivity index (χ2v) is 14.0. The topological polar surface area (TPSA) is 29.0 Å². The Hall–Kier alpha value is -1.12. The van der Waals surface area contributed by atoms with Gasteiger partial charge in [0, 0.05) is 19.7 Å². The second kappa shape index (κ2) is 5.47. The fourth-order valence-electron chi connectivity index (χ4n) is 1.88. The van der Waals surface area contributed by atoms with E-state index in [-0.39, 0.29) is 0 Å². The fraction of sp³-hybridized carbons (Fsp3) is 0.429. The summed E-state index contributed by atoms with van der Waals surface area (Å²) in [6.07, 6.45) is 0. The van der Waals surface area contributed by atoms with Crippen LogP contribution in [0.4, 0.5) is 5.95 Å². The van der Waals surface area contributed by atoms with Gasteiger partial charge in [-0.25, -0.2) is 9.73 Å². The van der Waals surface area contributed by atoms with Crippen molar-refractivity contribution in [1.82, 2.24) is 9.73 Å². The highest BCUT2D eigenvalue weighted by Crippen LogP contribution is 2.42. The van der Waals surface area contributed by atoms with Gasteiger partial charge in [0.1, 0.15) is 5.43 Å². The molecule has 1 heterocycles. The average Bonchev–Trinajstić information content (AvgIpc) is 2.72. The number of rotatable bonds is 4. The van der Waals surface area contributed by atoms with Gasteiger partial charge in [-0.05, 0) is 13.5 Å². The summed E-state index contributed by atoms with van der Waals surface area (Å²) in [6.45, 7) is 7.21. The maximum Gasteiger partial charge on any atom is 0.229 e. The molecule has 0 saturated carbocycles. The summed E-state index contributed by atoms with van der Waals surface area (Å²) in [6, 6.07) is 10.5. The SMILES string of the molecule is CN(C)c1nc(-c2ccccc2)p(C[Si](C)(C)C)n1. The summed E-state index contributed by atoms with van der Waals surface area (Å²) in [7, 11) is 2.40. The van der Waals surface area contributed by atoms with Crippen LogP contribution in [-0.2, 0) is 5.79 Å². The third-order valence-electron chi connectivity index (χ3n) is 2.72. The van der Waals surface area contributed by atoms with Gasteiger partial charge < -0.3 is 4.90 Å². The van der Waals surface area contributed by atoms with Crippen LogP contribution >= 0.6 is 7.69 Å². The molecule has 1 aromatic carbocycles. The van der Waals surface area contributed by atoms with E-state index in [0.717, 1.165) is 5.95 Å². The maximum absolute atomic E-state index is 4.87. The Labute approximate surface area is 117 Å². The van der Waals surface area contributed by atoms with Crippen molar-refractivity contribution in [3.8, 4) is 11.0 Å². The van der Waals surface area contributed by atoms with E-state index in [0.29, 0.717) is 0 Å². The molecule has 1 aromatic heterocycles. The third kappa shape index (κ3) is 3.68. The molecule has 0 radical (unpaired) electrons. The van der Waals surface area contributed by atoms with Crippen molar-refractivity contribution in [2.45, 2.75) is 25.4 Å². The molecule has 0 N–H and O–H groups in total. The van der Waals surface area contributed by atoms with Crippen molar-refractivity contribution in [3.05, 3.63) is 30.3 Å². The van der Waals surface area contributed by atoms with E-state index in [1.165, 1.54) is 16.8 Å². The first-order valence-electron chi connectivity index (χ1n) is 6.54. The first-order chi connectivity index (χ1) is 8.87. The van der Waals surface area contributed by atoms with E-state index in [1.54, 1.807) is 0 Å². The van der Waals surface area contributed by atoms with Gasteiger partial charge in [-0.2, -0.15) is 0 Å². The zero-order valence-corrected chi connectivity index (χ0v) is 14.3. The predicted molar refractivity (Wildman–Crippen MR) is 87.8 cm³/mol. The normalized spacial score (nSPS) is 12.6. The lowest BCUT2D eigenvalue weighted by atomic mass is 10.2. The number of benzene rings is 1. The first-order valence-corrected chi connectivity index (χ1v) is 11.7. The fourth-order valence-corrected chi connectivity index (χ4v) is 7.54. The molecule has 0 aliphatic rings. The summed E-state index contributed by atoms with van der Waals surface area (Å²) in [5.74, 6) is 2.09. The molecule has 102 valence electrons. The van der Waals surface area contributed by atoms with E-state index >= 15 is 0 Å². The smallest absolute Gasteiger partial charge is 0.229 e. The quantitative estimate of drug-likeness (QED) is 0.795. The Morgan fingerprint density at radius 3 is 2.26 bits per heavy atom. The molecule has 0 saturated heterocycles. The zero-order valence-electron chi connectivity index (χ0n) is 12.4. The highest BCUT2D eigenvalue weighted by molar-refractivity contribution is 7.51. The van der Waals surface area contributed by atoms with Crippen molar-refractivity contribution < 1.29 is 0 Å². The average molecular weight is 291 g/mol. The van der Waals surface area contributed by atoms with Gasteiger partial charge in [0.2, 0.25) is 5.95 Å². The number of hydrogen-bond donors (Lipinski definition) is 0. The molecule has 0 aliphatic heterocycles. The van der Waals surface area contributed by atoms with Crippen LogP contribution in [0.2, 0.25) is 19.6 Å². The van der Waals surface area contributed by atoms with E-state index in [4.69, 9.17) is 9.73 Å². The van der Waals surface area contributed by atoms with E-state index < -0.39 is 15.8 Å². The minimum Gasteiger partial charge on any atom is -0.347 e. The summed E-state index contributed by atoms with van der Waals surface area (Å²) >= 11 is 0. The van der Waals surface area contributed by atoms with E-state index in [9.17, 15) is 0 Å². The van der Waals surface area contributed by atoms with Gasteiger partial charge in [0.05, 0.1) is 8.07 Å². The molecule has 2 aromatic rings. The van der Waals surface area contributed by atoms with Gasteiger partial charge in [0.15, 0.2) is 0 Å². The minimum absolute atomic E-state index is 0.487. The number of hydrogen-bond acceptors (Lipinski definition) is 3. The Bertz CT molecular complexity index is 544. The monoisotopic (exact) mass is 291 g/mol. The van der Waals surface area contributed by atoms with Crippen molar-refractivity contribution in [2.75, 3.05) is 19.0 Å². The van der Waals surface area contributed by atoms with Crippen LogP contribution in [0.1, 0.15) is 0 Å². The highest BCUT2D eigenvalue weighted by Gasteiger charge is 2.21. The summed E-state index contributed by atoms with van der Waals surface area (Å²) < 4.78 is 4.87. The molecular weight excluding hydrogens is 269 g/mol. The Kier molecular flexibility index (Phi) is 4.12. The lowest BCUT2D eigenvalue weighted by Crippen LogP contribution is -2.20. The van der Waals surface area contributed by atoms with Crippen LogP contribution in [0.25, 0.3) is 11.0 Å². The predicted octanol–water partition coefficient (Wildman–Crippen LogP) is 4.07. The number of anilines is 1. The van der Waals surface area contributed by atoms with Crippen molar-refractivity contribution in [1.29, 1.82) is 0 Å². The molecule has 1 unspecified atom stereocenters. The molecule has 19 heavy (non-hydrogen) atoms. The van der Waals surface area contributed by atoms with Gasteiger partial charge in [-0.3, -0.25) is 0 Å². The van der Waals surface area contributed by atoms with Crippen LogP contribution in [0.3, 0.4) is 0 Å². The molecule has 0 bridgehead atoms. The van der Waals surface area contributed by atoms with Gasteiger partial charge in [0.25, 0.3) is 0 Å². The standard InChI is InChI=1S/C14H22N3PSi/c1-17(2)14-15-13(12-9-7-6-8-10-12)18(16-14)11-19(3,4)5/h6-10H,11H2,1-5H3. The van der Waals surface area contributed by atoms with Gasteiger partial charge in [-0.15, -0.1) is 0 Å². The molecule has 1 atom stereocenters. The molecule has 5 heteroatoms. The Morgan fingerprint density at radius 2 is 1.74 bits per heavy atom. The lowest BCUT2D eigenvalue weighted by Gasteiger charge is -2.15. The maximum atomic E-state index is 4.87. The molecular formula is C14H22N3PSi. The number of aromatic nitrogens is 2. The number of nitrogens with zero attached hydrogens (tertiary/aromatic N) is 3. The van der Waals surface area contributed by atoms with Gasteiger partial charge in [-0.1, -0.05) is 50.0 Å².